The van der Waals surface area contributed by atoms with Crippen LogP contribution in [0.25, 0.3) is 0 Å². The maximum atomic E-state index is 11.5. The third-order valence-electron chi connectivity index (χ3n) is 2.09. The monoisotopic (exact) mass is 243 g/mol. The summed E-state index contributed by atoms with van der Waals surface area (Å²) in [6.45, 7) is 4.19. The standard InChI is InChI=1S/C10H14BrNO/c1-8(11)7-12-10(13)9-5-3-2-4-6-9/h2-3,9H,1,4-7H2,(H,12,13). The Kier molecular flexibility index (Phi) is 4.22. The van der Waals surface area contributed by atoms with E-state index < -0.39 is 0 Å². The van der Waals surface area contributed by atoms with Crippen molar-refractivity contribution in [3.05, 3.63) is 23.2 Å². The van der Waals surface area contributed by atoms with Crippen molar-refractivity contribution in [2.45, 2.75) is 19.3 Å². The molecule has 1 N–H and O–H groups in total. The highest BCUT2D eigenvalue weighted by atomic mass is 79.9. The van der Waals surface area contributed by atoms with E-state index in [-0.39, 0.29) is 11.8 Å². The number of rotatable bonds is 3. The van der Waals surface area contributed by atoms with Gasteiger partial charge in [0.1, 0.15) is 0 Å². The molecule has 0 aromatic rings. The number of amides is 1. The first kappa shape index (κ1) is 10.5. The minimum absolute atomic E-state index is 0.143. The van der Waals surface area contributed by atoms with Crippen LogP contribution in [0, 0.1) is 5.92 Å². The van der Waals surface area contributed by atoms with E-state index in [0.29, 0.717) is 6.54 Å². The fraction of sp³-hybridized carbons (Fsp3) is 0.500. The third kappa shape index (κ3) is 3.77. The van der Waals surface area contributed by atoms with Gasteiger partial charge in [-0.25, -0.2) is 0 Å². The molecule has 1 unspecified atom stereocenters. The Bertz CT molecular complexity index is 235. The third-order valence-corrected chi connectivity index (χ3v) is 2.37. The number of carbonyl (C=O) groups excluding carboxylic acids is 1. The number of nitrogens with one attached hydrogen (secondary N) is 1. The number of carbonyl (C=O) groups is 1. The molecule has 0 aliphatic heterocycles. The van der Waals surface area contributed by atoms with Crippen molar-refractivity contribution in [3.63, 3.8) is 0 Å². The summed E-state index contributed by atoms with van der Waals surface area (Å²) in [5.41, 5.74) is 0. The van der Waals surface area contributed by atoms with Gasteiger partial charge in [0.2, 0.25) is 5.91 Å². The maximum absolute atomic E-state index is 11.5. The van der Waals surface area contributed by atoms with Gasteiger partial charge < -0.3 is 5.32 Å². The lowest BCUT2D eigenvalue weighted by molar-refractivity contribution is -0.124. The Hall–Kier alpha value is -0.570. The van der Waals surface area contributed by atoms with E-state index in [1.54, 1.807) is 0 Å². The highest BCUT2D eigenvalue weighted by Gasteiger charge is 2.17. The molecule has 0 aromatic heterocycles. The quantitative estimate of drug-likeness (QED) is 0.758. The van der Waals surface area contributed by atoms with E-state index in [1.165, 1.54) is 0 Å². The summed E-state index contributed by atoms with van der Waals surface area (Å²) in [5.74, 6) is 0.307. The second kappa shape index (κ2) is 5.22. The minimum Gasteiger partial charge on any atom is -0.351 e. The number of hydrogen-bond acceptors (Lipinski definition) is 1. The molecule has 1 rings (SSSR count). The predicted molar refractivity (Wildman–Crippen MR) is 57.6 cm³/mol. The molecular formula is C10H14BrNO. The van der Waals surface area contributed by atoms with Crippen molar-refractivity contribution in [2.24, 2.45) is 5.92 Å². The zero-order valence-corrected chi connectivity index (χ0v) is 9.14. The lowest BCUT2D eigenvalue weighted by Crippen LogP contribution is -2.31. The summed E-state index contributed by atoms with van der Waals surface area (Å²) in [6.07, 6.45) is 7.08. The van der Waals surface area contributed by atoms with E-state index in [1.807, 2.05) is 0 Å². The Morgan fingerprint density at radius 1 is 1.62 bits per heavy atom. The molecule has 1 aliphatic carbocycles. The van der Waals surface area contributed by atoms with Crippen LogP contribution in [0.5, 0.6) is 0 Å². The molecule has 0 spiro atoms. The predicted octanol–water partition coefficient (Wildman–Crippen LogP) is 2.37. The van der Waals surface area contributed by atoms with Gasteiger partial charge in [-0.05, 0) is 19.3 Å². The van der Waals surface area contributed by atoms with Crippen LogP contribution in [0.2, 0.25) is 0 Å². The lowest BCUT2D eigenvalue weighted by atomic mass is 9.94. The first-order valence-electron chi connectivity index (χ1n) is 4.46. The molecule has 0 aromatic carbocycles. The van der Waals surface area contributed by atoms with Gasteiger partial charge in [-0.15, -0.1) is 0 Å². The Morgan fingerprint density at radius 3 is 2.92 bits per heavy atom. The number of halogens is 1. The van der Waals surface area contributed by atoms with Gasteiger partial charge in [0.25, 0.3) is 0 Å². The van der Waals surface area contributed by atoms with Crippen LogP contribution in [0.15, 0.2) is 23.2 Å². The summed E-state index contributed by atoms with van der Waals surface area (Å²) in [5, 5.41) is 2.83. The highest BCUT2D eigenvalue weighted by molar-refractivity contribution is 9.11. The van der Waals surface area contributed by atoms with Crippen LogP contribution in [0.4, 0.5) is 0 Å². The molecule has 2 nitrogen and oxygen atoms in total. The summed E-state index contributed by atoms with van der Waals surface area (Å²) in [4.78, 5) is 11.5. The van der Waals surface area contributed by atoms with Crippen LogP contribution < -0.4 is 5.32 Å². The van der Waals surface area contributed by atoms with Gasteiger partial charge in [-0.3, -0.25) is 4.79 Å². The second-order valence-corrected chi connectivity index (χ2v) is 4.34. The molecule has 1 aliphatic rings. The van der Waals surface area contributed by atoms with Crippen LogP contribution in [0.1, 0.15) is 19.3 Å². The molecule has 13 heavy (non-hydrogen) atoms. The zero-order valence-electron chi connectivity index (χ0n) is 7.55. The first-order chi connectivity index (χ1) is 6.20. The fourth-order valence-electron chi connectivity index (χ4n) is 1.36. The van der Waals surface area contributed by atoms with Crippen LogP contribution in [-0.4, -0.2) is 12.5 Å². The first-order valence-corrected chi connectivity index (χ1v) is 5.25. The number of allylic oxidation sites excluding steroid dienone is 2. The SMILES string of the molecule is C=C(Br)CNC(=O)C1CC=CCC1. The molecule has 0 radical (unpaired) electrons. The van der Waals surface area contributed by atoms with Crippen molar-refractivity contribution >= 4 is 21.8 Å². The summed E-state index contributed by atoms with van der Waals surface area (Å²) in [6, 6.07) is 0. The average Bonchev–Trinajstić information content (AvgIpc) is 2.15. The molecule has 0 saturated carbocycles. The largest absolute Gasteiger partial charge is 0.351 e. The topological polar surface area (TPSA) is 29.1 Å². The van der Waals surface area contributed by atoms with Crippen LogP contribution in [-0.2, 0) is 4.79 Å². The smallest absolute Gasteiger partial charge is 0.223 e. The molecule has 0 heterocycles. The normalized spacial score (nSPS) is 21.2. The average molecular weight is 244 g/mol. The molecule has 0 bridgehead atoms. The Balaban J connectivity index is 2.30. The zero-order chi connectivity index (χ0) is 9.68. The molecule has 1 amide bonds. The van der Waals surface area contributed by atoms with Gasteiger partial charge in [0.05, 0.1) is 0 Å². The summed E-state index contributed by atoms with van der Waals surface area (Å²) in [7, 11) is 0. The van der Waals surface area contributed by atoms with Crippen LogP contribution >= 0.6 is 15.9 Å². The van der Waals surface area contributed by atoms with E-state index >= 15 is 0 Å². The van der Waals surface area contributed by atoms with E-state index in [9.17, 15) is 4.79 Å². The fourth-order valence-corrected chi connectivity index (χ4v) is 1.50. The van der Waals surface area contributed by atoms with Crippen molar-refractivity contribution in [1.82, 2.24) is 5.32 Å². The number of hydrogen-bond donors (Lipinski definition) is 1. The molecular weight excluding hydrogens is 230 g/mol. The maximum Gasteiger partial charge on any atom is 0.223 e. The molecule has 72 valence electrons. The van der Waals surface area contributed by atoms with Gasteiger partial charge in [0.15, 0.2) is 0 Å². The van der Waals surface area contributed by atoms with Crippen molar-refractivity contribution < 1.29 is 4.79 Å². The highest BCUT2D eigenvalue weighted by Crippen LogP contribution is 2.18. The molecule has 0 saturated heterocycles. The van der Waals surface area contributed by atoms with Gasteiger partial charge in [-0.1, -0.05) is 34.7 Å². The molecule has 0 fully saturated rings. The van der Waals surface area contributed by atoms with E-state index in [0.717, 1.165) is 23.7 Å². The molecule has 1 atom stereocenters. The van der Waals surface area contributed by atoms with Gasteiger partial charge >= 0.3 is 0 Å². The Morgan fingerprint density at radius 2 is 2.38 bits per heavy atom. The Labute approximate surface area is 87.2 Å². The summed E-state index contributed by atoms with van der Waals surface area (Å²) < 4.78 is 0.812. The van der Waals surface area contributed by atoms with Crippen molar-refractivity contribution in [3.8, 4) is 0 Å². The van der Waals surface area contributed by atoms with Crippen LogP contribution in [0.3, 0.4) is 0 Å². The van der Waals surface area contributed by atoms with Gasteiger partial charge in [0, 0.05) is 16.9 Å². The lowest BCUT2D eigenvalue weighted by Gasteiger charge is -2.16. The van der Waals surface area contributed by atoms with E-state index in [2.05, 4.69) is 40.0 Å². The van der Waals surface area contributed by atoms with E-state index in [4.69, 9.17) is 0 Å². The van der Waals surface area contributed by atoms with Crippen molar-refractivity contribution in [1.29, 1.82) is 0 Å². The van der Waals surface area contributed by atoms with Crippen molar-refractivity contribution in [2.75, 3.05) is 6.54 Å². The van der Waals surface area contributed by atoms with Gasteiger partial charge in [-0.2, -0.15) is 0 Å². The summed E-state index contributed by atoms with van der Waals surface area (Å²) >= 11 is 3.20. The molecule has 3 heteroatoms. The minimum atomic E-state index is 0.143. The second-order valence-electron chi connectivity index (χ2n) is 3.22.